The Kier molecular flexibility index (Phi) is 6.90. The molecule has 1 heterocycles. The van der Waals surface area contributed by atoms with Crippen molar-refractivity contribution in [3.8, 4) is 0 Å². The normalized spacial score (nSPS) is 21.0. The number of hydrogen-bond donors (Lipinski definition) is 0. The molecular formula is C23H37ClN2O2. The molecule has 0 N–H and O–H groups in total. The summed E-state index contributed by atoms with van der Waals surface area (Å²) in [5, 5.41) is 2.00. The van der Waals surface area contributed by atoms with E-state index in [-0.39, 0.29) is 23.1 Å². The lowest BCUT2D eigenvalue weighted by molar-refractivity contribution is -0.311. The molecule has 1 aliphatic rings. The third kappa shape index (κ3) is 4.24. The van der Waals surface area contributed by atoms with Crippen LogP contribution >= 0.6 is 11.6 Å². The number of piperazine rings is 1. The zero-order valence-corrected chi connectivity index (χ0v) is 19.6. The average molecular weight is 409 g/mol. The van der Waals surface area contributed by atoms with Crippen LogP contribution in [-0.2, 0) is 15.5 Å². The second-order valence-electron chi connectivity index (χ2n) is 9.53. The van der Waals surface area contributed by atoms with Crippen LogP contribution in [0.25, 0.3) is 0 Å². The van der Waals surface area contributed by atoms with Gasteiger partial charge in [0.2, 0.25) is 5.91 Å². The Balaban J connectivity index is 2.40. The maximum Gasteiger partial charge on any atom is 0.245 e. The summed E-state index contributed by atoms with van der Waals surface area (Å²) in [5.41, 5.74) is 0.968. The van der Waals surface area contributed by atoms with Crippen molar-refractivity contribution >= 4 is 17.5 Å². The molecule has 0 bridgehead atoms. The average Bonchev–Trinajstić information content (AvgIpc) is 2.64. The first-order valence-electron chi connectivity index (χ1n) is 10.4. The van der Waals surface area contributed by atoms with E-state index < -0.39 is 5.54 Å². The van der Waals surface area contributed by atoms with E-state index in [4.69, 9.17) is 16.4 Å². The summed E-state index contributed by atoms with van der Waals surface area (Å²) in [6.45, 7) is 17.5. The first kappa shape index (κ1) is 23.2. The third-order valence-corrected chi connectivity index (χ3v) is 6.28. The summed E-state index contributed by atoms with van der Waals surface area (Å²) in [5.74, 6) is 0.662. The molecule has 1 aromatic rings. The highest BCUT2D eigenvalue weighted by atomic mass is 35.5. The van der Waals surface area contributed by atoms with E-state index in [9.17, 15) is 4.79 Å². The first-order chi connectivity index (χ1) is 12.9. The summed E-state index contributed by atoms with van der Waals surface area (Å²) in [7, 11) is 0. The second-order valence-corrected chi connectivity index (χ2v) is 9.80. The highest BCUT2D eigenvalue weighted by molar-refractivity contribution is 6.17. The van der Waals surface area contributed by atoms with Gasteiger partial charge in [-0.3, -0.25) is 9.63 Å². The topological polar surface area (TPSA) is 32.8 Å². The van der Waals surface area contributed by atoms with Crippen molar-refractivity contribution in [3.63, 3.8) is 0 Å². The molecule has 0 saturated carbocycles. The molecule has 5 heteroatoms. The van der Waals surface area contributed by atoms with Gasteiger partial charge in [-0.25, -0.2) is 0 Å². The summed E-state index contributed by atoms with van der Waals surface area (Å²) < 4.78 is 0. The number of amides is 1. The van der Waals surface area contributed by atoms with Gasteiger partial charge in [0.15, 0.2) is 0 Å². The molecule has 0 aromatic heterocycles. The zero-order valence-electron chi connectivity index (χ0n) is 18.8. The number of benzene rings is 1. The predicted octanol–water partition coefficient (Wildman–Crippen LogP) is 5.70. The van der Waals surface area contributed by atoms with Gasteiger partial charge in [0, 0.05) is 18.0 Å². The Labute approximate surface area is 176 Å². The first-order valence-corrected chi connectivity index (χ1v) is 10.9. The van der Waals surface area contributed by atoms with E-state index >= 15 is 0 Å². The predicted molar refractivity (Wildman–Crippen MR) is 116 cm³/mol. The molecule has 0 spiro atoms. The van der Waals surface area contributed by atoms with E-state index in [0.29, 0.717) is 25.3 Å². The molecule has 1 atom stereocenters. The van der Waals surface area contributed by atoms with E-state index in [1.807, 2.05) is 29.0 Å². The van der Waals surface area contributed by atoms with Crippen LogP contribution in [0.1, 0.15) is 85.5 Å². The fraction of sp³-hybridized carbons (Fsp3) is 0.696. The monoisotopic (exact) mass is 408 g/mol. The molecule has 0 radical (unpaired) electrons. The highest BCUT2D eigenvalue weighted by Crippen LogP contribution is 2.42. The minimum atomic E-state index is -0.667. The number of hydrogen-bond acceptors (Lipinski definition) is 3. The van der Waals surface area contributed by atoms with Gasteiger partial charge in [-0.15, -0.1) is 11.6 Å². The van der Waals surface area contributed by atoms with Gasteiger partial charge in [-0.05, 0) is 65.5 Å². The number of carbonyl (C=O) groups is 1. The Bertz CT molecular complexity index is 675. The van der Waals surface area contributed by atoms with Gasteiger partial charge in [-0.2, -0.15) is 5.06 Å². The summed E-state index contributed by atoms with van der Waals surface area (Å²) >= 11 is 5.91. The Hall–Kier alpha value is -1.10. The fourth-order valence-electron chi connectivity index (χ4n) is 4.16. The number of nitrogens with zero attached hydrogens (tertiary/aromatic N) is 2. The summed E-state index contributed by atoms with van der Waals surface area (Å²) in [6.07, 6.45) is 1.25. The Morgan fingerprint density at radius 1 is 1.14 bits per heavy atom. The molecule has 1 saturated heterocycles. The molecule has 1 amide bonds. The van der Waals surface area contributed by atoms with Crippen LogP contribution in [0, 0.1) is 0 Å². The fourth-order valence-corrected chi connectivity index (χ4v) is 4.34. The number of hydroxylamine groups is 2. The lowest BCUT2D eigenvalue weighted by Gasteiger charge is -2.59. The number of alkyl halides is 1. The van der Waals surface area contributed by atoms with E-state index in [0.717, 1.165) is 11.1 Å². The SMILES string of the molecule is CCC1(CC)C(=O)N(C(C)(C)C)CC(C)(C)N1OC(C)c1ccc(CCl)cc1. The van der Waals surface area contributed by atoms with Crippen LogP contribution in [0.2, 0.25) is 0 Å². The third-order valence-electron chi connectivity index (χ3n) is 5.97. The largest absolute Gasteiger partial charge is 0.334 e. The van der Waals surface area contributed by atoms with Crippen molar-refractivity contribution < 1.29 is 9.63 Å². The van der Waals surface area contributed by atoms with E-state index in [1.165, 1.54) is 0 Å². The summed E-state index contributed by atoms with van der Waals surface area (Å²) in [4.78, 5) is 22.2. The van der Waals surface area contributed by atoms with Gasteiger partial charge >= 0.3 is 0 Å². The number of rotatable bonds is 6. The molecule has 1 aliphatic heterocycles. The van der Waals surface area contributed by atoms with Gasteiger partial charge in [-0.1, -0.05) is 38.1 Å². The van der Waals surface area contributed by atoms with Crippen LogP contribution in [0.15, 0.2) is 24.3 Å². The lowest BCUT2D eigenvalue weighted by Crippen LogP contribution is -2.75. The van der Waals surface area contributed by atoms with Gasteiger partial charge in [0.25, 0.3) is 0 Å². The smallest absolute Gasteiger partial charge is 0.245 e. The molecule has 1 unspecified atom stereocenters. The molecule has 4 nitrogen and oxygen atoms in total. The minimum absolute atomic E-state index is 0.157. The molecule has 2 rings (SSSR count). The molecule has 0 aliphatic carbocycles. The Morgan fingerprint density at radius 2 is 1.68 bits per heavy atom. The maximum absolute atomic E-state index is 13.6. The van der Waals surface area contributed by atoms with Crippen molar-refractivity contribution in [2.24, 2.45) is 0 Å². The minimum Gasteiger partial charge on any atom is -0.334 e. The quantitative estimate of drug-likeness (QED) is 0.566. The molecular weight excluding hydrogens is 372 g/mol. The highest BCUT2D eigenvalue weighted by Gasteiger charge is 2.57. The molecule has 28 heavy (non-hydrogen) atoms. The number of halogens is 1. The lowest BCUT2D eigenvalue weighted by atomic mass is 9.80. The van der Waals surface area contributed by atoms with Crippen molar-refractivity contribution in [3.05, 3.63) is 35.4 Å². The van der Waals surface area contributed by atoms with Crippen LogP contribution in [0.3, 0.4) is 0 Å². The van der Waals surface area contributed by atoms with Crippen molar-refractivity contribution in [1.82, 2.24) is 9.96 Å². The maximum atomic E-state index is 13.6. The van der Waals surface area contributed by atoms with Crippen LogP contribution in [0.5, 0.6) is 0 Å². The van der Waals surface area contributed by atoms with Crippen LogP contribution in [-0.4, -0.2) is 39.0 Å². The molecule has 158 valence electrons. The zero-order chi connectivity index (χ0) is 21.3. The van der Waals surface area contributed by atoms with Crippen molar-refractivity contribution in [1.29, 1.82) is 0 Å². The standard InChI is InChI=1S/C23H37ClN2O2/c1-9-23(10-2)20(27)25(21(4,5)6)16-22(7,8)26(23)28-17(3)19-13-11-18(15-24)12-14-19/h11-14,17H,9-10,15-16H2,1-8H3. The Morgan fingerprint density at radius 3 is 2.11 bits per heavy atom. The van der Waals surface area contributed by atoms with Gasteiger partial charge in [0.1, 0.15) is 11.6 Å². The summed E-state index contributed by atoms with van der Waals surface area (Å²) in [6, 6.07) is 8.18. The van der Waals surface area contributed by atoms with Crippen molar-refractivity contribution in [2.45, 2.75) is 96.8 Å². The van der Waals surface area contributed by atoms with E-state index in [2.05, 4.69) is 60.6 Å². The van der Waals surface area contributed by atoms with Gasteiger partial charge < -0.3 is 4.90 Å². The van der Waals surface area contributed by atoms with E-state index in [1.54, 1.807) is 0 Å². The number of carbonyl (C=O) groups excluding carboxylic acids is 1. The van der Waals surface area contributed by atoms with Crippen LogP contribution in [0.4, 0.5) is 0 Å². The second kappa shape index (κ2) is 8.33. The van der Waals surface area contributed by atoms with Crippen molar-refractivity contribution in [2.75, 3.05) is 6.54 Å². The van der Waals surface area contributed by atoms with Crippen LogP contribution < -0.4 is 0 Å². The molecule has 1 aromatic carbocycles. The molecule has 1 fully saturated rings. The van der Waals surface area contributed by atoms with Gasteiger partial charge in [0.05, 0.1) is 5.54 Å².